The molecule has 0 spiro atoms. The molecule has 0 atom stereocenters. The van der Waals surface area contributed by atoms with E-state index in [9.17, 15) is 18.5 Å². The largest absolute Gasteiger partial charge is 0.273 e. The van der Waals surface area contributed by atoms with Crippen LogP contribution in [0.4, 0.5) is 5.69 Å². The Bertz CT molecular complexity index is 900. The number of hydrogen-bond acceptors (Lipinski definition) is 6. The van der Waals surface area contributed by atoms with Crippen LogP contribution in [0.2, 0.25) is 0 Å². The first-order valence-corrected chi connectivity index (χ1v) is 10.3. The number of benzene rings is 1. The number of nitro benzene ring substituents is 1. The molecule has 0 amide bonds. The summed E-state index contributed by atoms with van der Waals surface area (Å²) >= 11 is 1.61. The Labute approximate surface area is 150 Å². The molecule has 1 saturated heterocycles. The van der Waals surface area contributed by atoms with Crippen molar-refractivity contribution in [3.8, 4) is 0 Å². The number of nitrogens with zero attached hydrogens (tertiary/aromatic N) is 3. The fourth-order valence-electron chi connectivity index (χ4n) is 3.00. The Morgan fingerprint density at radius 3 is 2.52 bits per heavy atom. The molecule has 2 aromatic rings. The topological polar surface area (TPSA) is 93.4 Å². The Morgan fingerprint density at radius 1 is 1.28 bits per heavy atom. The van der Waals surface area contributed by atoms with E-state index in [0.29, 0.717) is 31.5 Å². The van der Waals surface area contributed by atoms with Gasteiger partial charge in [0.05, 0.1) is 14.8 Å². The molecule has 9 heteroatoms. The number of aromatic nitrogens is 1. The van der Waals surface area contributed by atoms with Crippen molar-refractivity contribution in [2.45, 2.75) is 37.5 Å². The van der Waals surface area contributed by atoms with Crippen molar-refractivity contribution < 1.29 is 13.3 Å². The van der Waals surface area contributed by atoms with Gasteiger partial charge in [-0.3, -0.25) is 10.1 Å². The van der Waals surface area contributed by atoms with Crippen LogP contribution in [0, 0.1) is 24.0 Å². The molecule has 0 N–H and O–H groups in total. The van der Waals surface area contributed by atoms with Crippen molar-refractivity contribution in [2.75, 3.05) is 13.1 Å². The number of thiazole rings is 1. The van der Waals surface area contributed by atoms with Crippen LogP contribution < -0.4 is 0 Å². The van der Waals surface area contributed by atoms with Gasteiger partial charge in [0.1, 0.15) is 0 Å². The summed E-state index contributed by atoms with van der Waals surface area (Å²) in [5.41, 5.74) is 1.26. The van der Waals surface area contributed by atoms with Crippen molar-refractivity contribution in [3.05, 3.63) is 50.0 Å². The maximum atomic E-state index is 12.8. The first kappa shape index (κ1) is 18.0. The molecule has 1 aliphatic rings. The van der Waals surface area contributed by atoms with Crippen molar-refractivity contribution in [3.63, 3.8) is 0 Å². The van der Waals surface area contributed by atoms with Crippen molar-refractivity contribution in [1.82, 2.24) is 9.29 Å². The fourth-order valence-corrected chi connectivity index (χ4v) is 5.46. The van der Waals surface area contributed by atoms with E-state index >= 15 is 0 Å². The normalized spacial score (nSPS) is 16.9. The maximum Gasteiger partial charge on any atom is 0.273 e. The second kappa shape index (κ2) is 6.81. The molecular formula is C16H19N3O4S2. The summed E-state index contributed by atoms with van der Waals surface area (Å²) < 4.78 is 27.0. The molecule has 134 valence electrons. The van der Waals surface area contributed by atoms with Crippen LogP contribution in [-0.4, -0.2) is 35.7 Å². The predicted molar refractivity (Wildman–Crippen MR) is 95.4 cm³/mol. The summed E-state index contributed by atoms with van der Waals surface area (Å²) in [6, 6.07) is 4.07. The van der Waals surface area contributed by atoms with Crippen LogP contribution in [0.5, 0.6) is 0 Å². The molecule has 2 heterocycles. The van der Waals surface area contributed by atoms with E-state index in [-0.39, 0.29) is 16.5 Å². The van der Waals surface area contributed by atoms with Crippen LogP contribution in [0.3, 0.4) is 0 Å². The van der Waals surface area contributed by atoms with Gasteiger partial charge in [0.15, 0.2) is 0 Å². The van der Waals surface area contributed by atoms with Gasteiger partial charge in [0.2, 0.25) is 10.0 Å². The quantitative estimate of drug-likeness (QED) is 0.599. The highest BCUT2D eigenvalue weighted by Gasteiger charge is 2.32. The van der Waals surface area contributed by atoms with Crippen molar-refractivity contribution in [1.29, 1.82) is 0 Å². The third kappa shape index (κ3) is 3.58. The standard InChI is InChI=1S/C16H19N3O4S2/c1-11-3-4-14(9-15(11)19(20)21)25(22,23)18-7-5-13(6-8-18)16-17-12(2)10-24-16/h3-4,9-10,13H,5-8H2,1-2H3. The van der Waals surface area contributed by atoms with Crippen molar-refractivity contribution in [2.24, 2.45) is 0 Å². The van der Waals surface area contributed by atoms with Gasteiger partial charge in [-0.2, -0.15) is 4.31 Å². The van der Waals surface area contributed by atoms with Gasteiger partial charge < -0.3 is 0 Å². The Hall–Kier alpha value is -1.84. The number of sulfonamides is 1. The smallest absolute Gasteiger partial charge is 0.258 e. The minimum atomic E-state index is -3.72. The molecule has 1 fully saturated rings. The van der Waals surface area contributed by atoms with Crippen LogP contribution in [0.1, 0.15) is 35.0 Å². The second-order valence-corrected chi connectivity index (χ2v) is 9.04. The molecule has 1 aromatic heterocycles. The van der Waals surface area contributed by atoms with Gasteiger partial charge in [0.25, 0.3) is 5.69 Å². The first-order valence-electron chi connectivity index (χ1n) is 7.96. The summed E-state index contributed by atoms with van der Waals surface area (Å²) in [5, 5.41) is 14.1. The second-order valence-electron chi connectivity index (χ2n) is 6.21. The van der Waals surface area contributed by atoms with Crippen LogP contribution in [0.15, 0.2) is 28.5 Å². The number of aryl methyl sites for hydroxylation is 2. The highest BCUT2D eigenvalue weighted by Crippen LogP contribution is 2.33. The monoisotopic (exact) mass is 381 g/mol. The van der Waals surface area contributed by atoms with Crippen LogP contribution in [0.25, 0.3) is 0 Å². The lowest BCUT2D eigenvalue weighted by Gasteiger charge is -2.30. The zero-order valence-electron chi connectivity index (χ0n) is 14.0. The summed E-state index contributed by atoms with van der Waals surface area (Å²) in [6.07, 6.45) is 1.42. The zero-order valence-corrected chi connectivity index (χ0v) is 15.6. The molecule has 0 saturated carbocycles. The Kier molecular flexibility index (Phi) is 4.90. The van der Waals surface area contributed by atoms with E-state index in [0.717, 1.165) is 16.8 Å². The highest BCUT2D eigenvalue weighted by molar-refractivity contribution is 7.89. The summed E-state index contributed by atoms with van der Waals surface area (Å²) in [4.78, 5) is 15.0. The van der Waals surface area contributed by atoms with E-state index in [1.165, 1.54) is 16.4 Å². The van der Waals surface area contributed by atoms with Crippen LogP contribution in [-0.2, 0) is 10.0 Å². The Morgan fingerprint density at radius 2 is 1.96 bits per heavy atom. The van der Waals surface area contributed by atoms with E-state index in [1.807, 2.05) is 12.3 Å². The molecule has 0 bridgehead atoms. The van der Waals surface area contributed by atoms with E-state index in [2.05, 4.69) is 4.98 Å². The molecule has 0 aliphatic carbocycles. The number of nitro groups is 1. The van der Waals surface area contributed by atoms with Gasteiger partial charge in [-0.1, -0.05) is 6.07 Å². The molecule has 0 unspecified atom stereocenters. The lowest BCUT2D eigenvalue weighted by atomic mass is 9.99. The fraction of sp³-hybridized carbons (Fsp3) is 0.438. The third-order valence-electron chi connectivity index (χ3n) is 4.46. The third-order valence-corrected chi connectivity index (χ3v) is 7.47. The lowest BCUT2D eigenvalue weighted by molar-refractivity contribution is -0.385. The zero-order chi connectivity index (χ0) is 18.2. The average Bonchev–Trinajstić information content (AvgIpc) is 3.01. The van der Waals surface area contributed by atoms with Gasteiger partial charge in [-0.05, 0) is 32.8 Å². The number of hydrogen-bond donors (Lipinski definition) is 0. The van der Waals surface area contributed by atoms with Gasteiger partial charge >= 0.3 is 0 Å². The molecule has 3 rings (SSSR count). The lowest BCUT2D eigenvalue weighted by Crippen LogP contribution is -2.37. The van der Waals surface area contributed by atoms with Crippen molar-refractivity contribution >= 4 is 27.0 Å². The van der Waals surface area contributed by atoms with Crippen LogP contribution >= 0.6 is 11.3 Å². The highest BCUT2D eigenvalue weighted by atomic mass is 32.2. The Balaban J connectivity index is 1.78. The number of piperidine rings is 1. The predicted octanol–water partition coefficient (Wildman–Crippen LogP) is 3.24. The van der Waals surface area contributed by atoms with Gasteiger partial charge in [-0.15, -0.1) is 11.3 Å². The SMILES string of the molecule is Cc1csc(C2CCN(S(=O)(=O)c3ccc(C)c([N+](=O)[O-])c3)CC2)n1. The average molecular weight is 381 g/mol. The molecule has 1 aliphatic heterocycles. The van der Waals surface area contributed by atoms with E-state index in [1.54, 1.807) is 18.3 Å². The summed E-state index contributed by atoms with van der Waals surface area (Å²) in [7, 11) is -3.72. The molecule has 0 radical (unpaired) electrons. The molecule has 25 heavy (non-hydrogen) atoms. The minimum absolute atomic E-state index is 0.0201. The molecule has 1 aromatic carbocycles. The molecular weight excluding hydrogens is 362 g/mol. The summed E-state index contributed by atoms with van der Waals surface area (Å²) in [6.45, 7) is 4.33. The molecule has 7 nitrogen and oxygen atoms in total. The summed E-state index contributed by atoms with van der Waals surface area (Å²) in [5.74, 6) is 0.275. The number of rotatable bonds is 4. The van der Waals surface area contributed by atoms with Gasteiger partial charge in [-0.25, -0.2) is 13.4 Å². The first-order chi connectivity index (χ1) is 11.8. The van der Waals surface area contributed by atoms with E-state index < -0.39 is 14.9 Å². The minimum Gasteiger partial charge on any atom is -0.258 e. The maximum absolute atomic E-state index is 12.8. The van der Waals surface area contributed by atoms with E-state index in [4.69, 9.17) is 0 Å². The van der Waals surface area contributed by atoms with Gasteiger partial charge in [0, 0.05) is 41.7 Å².